The van der Waals surface area contributed by atoms with Crippen molar-refractivity contribution in [3.05, 3.63) is 0 Å². The molecule has 7 heavy (non-hydrogen) atoms. The van der Waals surface area contributed by atoms with Gasteiger partial charge in [0.25, 0.3) is 0 Å². The second-order valence-electron chi connectivity index (χ2n) is 1.97. The zero-order valence-electron chi connectivity index (χ0n) is 3.57. The van der Waals surface area contributed by atoms with E-state index in [9.17, 15) is 0 Å². The smallest absolute Gasteiger partial charge is 0.199 e. The molecular formula is C3H4N2O2. The minimum atomic E-state index is 0.292. The molecule has 3 heterocycles. The van der Waals surface area contributed by atoms with E-state index >= 15 is 0 Å². The van der Waals surface area contributed by atoms with Crippen LogP contribution in [0.2, 0.25) is 0 Å². The van der Waals surface area contributed by atoms with Crippen LogP contribution in [-0.2, 0) is 9.68 Å². The summed E-state index contributed by atoms with van der Waals surface area (Å²) >= 11 is 0. The van der Waals surface area contributed by atoms with Gasteiger partial charge in [0, 0.05) is 0 Å². The molecule has 0 bridgehead atoms. The summed E-state index contributed by atoms with van der Waals surface area (Å²) < 4.78 is 0. The van der Waals surface area contributed by atoms with Crippen LogP contribution in [0.3, 0.4) is 0 Å². The van der Waals surface area contributed by atoms with Crippen molar-refractivity contribution in [1.29, 1.82) is 0 Å². The first kappa shape index (κ1) is 2.99. The van der Waals surface area contributed by atoms with Gasteiger partial charge in [0.15, 0.2) is 12.5 Å². The number of rotatable bonds is 0. The van der Waals surface area contributed by atoms with Gasteiger partial charge in [0.05, 0.1) is 0 Å². The molecule has 3 aliphatic heterocycles. The van der Waals surface area contributed by atoms with Gasteiger partial charge in [-0.15, -0.1) is 10.1 Å². The van der Waals surface area contributed by atoms with Gasteiger partial charge < -0.3 is 0 Å². The van der Waals surface area contributed by atoms with Crippen LogP contribution in [0.15, 0.2) is 0 Å². The van der Waals surface area contributed by atoms with Gasteiger partial charge >= 0.3 is 0 Å². The molecule has 4 heteroatoms. The van der Waals surface area contributed by atoms with E-state index in [1.165, 1.54) is 0 Å². The molecule has 0 saturated carbocycles. The molecule has 0 aromatic carbocycles. The molecule has 0 aromatic heterocycles. The number of hydrogen-bond acceptors (Lipinski definition) is 4. The van der Waals surface area contributed by atoms with Gasteiger partial charge in [-0.05, 0) is 0 Å². The molecule has 38 valence electrons. The number of hydrogen-bond donors (Lipinski definition) is 0. The average Bonchev–Trinajstić information content (AvgIpc) is 2.47. The van der Waals surface area contributed by atoms with Crippen LogP contribution in [0, 0.1) is 0 Å². The molecule has 0 aliphatic carbocycles. The van der Waals surface area contributed by atoms with E-state index in [0.717, 1.165) is 6.67 Å². The van der Waals surface area contributed by atoms with Crippen molar-refractivity contribution in [2.75, 3.05) is 6.67 Å². The first-order valence-electron chi connectivity index (χ1n) is 2.32. The Bertz CT molecular complexity index is 114. The summed E-state index contributed by atoms with van der Waals surface area (Å²) in [7, 11) is 0. The van der Waals surface area contributed by atoms with Crippen molar-refractivity contribution < 1.29 is 9.68 Å². The quantitative estimate of drug-likeness (QED) is 0.369. The zero-order chi connectivity index (χ0) is 4.43. The Hall–Kier alpha value is -0.160. The Morgan fingerprint density at radius 3 is 2.00 bits per heavy atom. The molecule has 3 aliphatic rings. The summed E-state index contributed by atoms with van der Waals surface area (Å²) in [5.41, 5.74) is 0. The summed E-state index contributed by atoms with van der Waals surface area (Å²) in [5, 5.41) is 3.79. The van der Waals surface area contributed by atoms with Gasteiger partial charge in [-0.2, -0.15) is 0 Å². The lowest BCUT2D eigenvalue weighted by Gasteiger charge is -1.85. The van der Waals surface area contributed by atoms with Crippen molar-refractivity contribution >= 4 is 0 Å². The van der Waals surface area contributed by atoms with Crippen LogP contribution in [0.4, 0.5) is 0 Å². The number of hydroxylamine groups is 4. The maximum Gasteiger partial charge on any atom is 0.199 e. The Morgan fingerprint density at radius 1 is 1.14 bits per heavy atom. The highest BCUT2D eigenvalue weighted by Gasteiger charge is 2.64. The highest BCUT2D eigenvalue weighted by Crippen LogP contribution is 2.43. The Balaban J connectivity index is 2.02. The van der Waals surface area contributed by atoms with Gasteiger partial charge in [0.2, 0.25) is 0 Å². The van der Waals surface area contributed by atoms with Gasteiger partial charge in [0.1, 0.15) is 6.67 Å². The molecule has 4 atom stereocenters. The van der Waals surface area contributed by atoms with E-state index in [0.29, 0.717) is 12.5 Å². The summed E-state index contributed by atoms with van der Waals surface area (Å²) in [6.45, 7) is 0.843. The van der Waals surface area contributed by atoms with Crippen LogP contribution < -0.4 is 0 Å². The molecule has 0 aromatic rings. The third kappa shape index (κ3) is 0.219. The summed E-state index contributed by atoms with van der Waals surface area (Å²) in [6, 6.07) is 0. The normalized spacial score (nSPS) is 72.0. The molecule has 0 radical (unpaired) electrons. The molecule has 3 fully saturated rings. The van der Waals surface area contributed by atoms with Gasteiger partial charge in [-0.25, -0.2) is 0 Å². The fraction of sp³-hybridized carbons (Fsp3) is 1.00. The van der Waals surface area contributed by atoms with Gasteiger partial charge in [-0.1, -0.05) is 0 Å². The van der Waals surface area contributed by atoms with Crippen molar-refractivity contribution in [3.63, 3.8) is 0 Å². The average molecular weight is 100 g/mol. The highest BCUT2D eigenvalue weighted by atomic mass is 16.9. The molecule has 3 rings (SSSR count). The predicted octanol–water partition coefficient (Wildman–Crippen LogP) is -0.896. The lowest BCUT2D eigenvalue weighted by molar-refractivity contribution is 0.0876. The van der Waals surface area contributed by atoms with E-state index in [1.54, 1.807) is 0 Å². The zero-order valence-corrected chi connectivity index (χ0v) is 3.57. The van der Waals surface area contributed by atoms with Crippen molar-refractivity contribution in [1.82, 2.24) is 10.1 Å². The fourth-order valence-electron chi connectivity index (χ4n) is 0.977. The third-order valence-corrected chi connectivity index (χ3v) is 1.49. The third-order valence-electron chi connectivity index (χ3n) is 1.49. The lowest BCUT2D eigenvalue weighted by atomic mass is 10.6. The summed E-state index contributed by atoms with van der Waals surface area (Å²) in [4.78, 5) is 9.95. The monoisotopic (exact) mass is 100 g/mol. The number of nitrogens with zero attached hydrogens (tertiary/aromatic N) is 2. The molecular weight excluding hydrogens is 96.0 g/mol. The van der Waals surface area contributed by atoms with Crippen molar-refractivity contribution in [3.8, 4) is 0 Å². The maximum absolute atomic E-state index is 4.97. The summed E-state index contributed by atoms with van der Waals surface area (Å²) in [6.07, 6.45) is 0.583. The molecule has 0 spiro atoms. The Morgan fingerprint density at radius 2 is 1.71 bits per heavy atom. The Labute approximate surface area is 40.1 Å². The van der Waals surface area contributed by atoms with Gasteiger partial charge in [-0.3, -0.25) is 9.68 Å². The second-order valence-corrected chi connectivity index (χ2v) is 1.97. The number of fused-ring (bicyclic) bond motifs is 3. The topological polar surface area (TPSA) is 31.1 Å². The van der Waals surface area contributed by atoms with Crippen LogP contribution in [-0.4, -0.2) is 29.3 Å². The largest absolute Gasteiger partial charge is 0.269 e. The van der Waals surface area contributed by atoms with Crippen LogP contribution in [0.1, 0.15) is 0 Å². The standard InChI is InChI=1S/C3H4N2O2/c1-4-2(6-4)3-5(1)7-3/h2-3H,1H2. The molecule has 3 saturated heterocycles. The minimum Gasteiger partial charge on any atom is -0.269 e. The van der Waals surface area contributed by atoms with Crippen LogP contribution in [0.25, 0.3) is 0 Å². The van der Waals surface area contributed by atoms with Crippen LogP contribution >= 0.6 is 0 Å². The SMILES string of the molecule is C1N2OC2C2ON12. The predicted molar refractivity (Wildman–Crippen MR) is 18.3 cm³/mol. The molecule has 0 N–H and O–H groups in total. The van der Waals surface area contributed by atoms with E-state index < -0.39 is 0 Å². The minimum absolute atomic E-state index is 0.292. The maximum atomic E-state index is 4.97. The summed E-state index contributed by atoms with van der Waals surface area (Å²) in [5.74, 6) is 0. The van der Waals surface area contributed by atoms with E-state index in [1.807, 2.05) is 10.1 Å². The lowest BCUT2D eigenvalue weighted by Crippen LogP contribution is -2.03. The molecule has 0 amide bonds. The van der Waals surface area contributed by atoms with Crippen LogP contribution in [0.5, 0.6) is 0 Å². The first-order valence-corrected chi connectivity index (χ1v) is 2.32. The van der Waals surface area contributed by atoms with E-state index in [-0.39, 0.29) is 0 Å². The molecule has 4 unspecified atom stereocenters. The highest BCUT2D eigenvalue weighted by molar-refractivity contribution is 4.87. The van der Waals surface area contributed by atoms with Crippen molar-refractivity contribution in [2.45, 2.75) is 12.5 Å². The second kappa shape index (κ2) is 0.621. The van der Waals surface area contributed by atoms with E-state index in [2.05, 4.69) is 0 Å². The Kier molecular flexibility index (Phi) is 0.265. The fourth-order valence-corrected chi connectivity index (χ4v) is 0.977. The van der Waals surface area contributed by atoms with E-state index in [4.69, 9.17) is 9.68 Å². The molecule has 4 nitrogen and oxygen atoms in total. The van der Waals surface area contributed by atoms with Crippen molar-refractivity contribution in [2.24, 2.45) is 0 Å². The first-order chi connectivity index (χ1) is 3.45.